The van der Waals surface area contributed by atoms with Crippen LogP contribution in [0, 0.1) is 0 Å². The summed E-state index contributed by atoms with van der Waals surface area (Å²) in [6.45, 7) is 5.63. The van der Waals surface area contributed by atoms with Gasteiger partial charge in [-0.2, -0.15) is 0 Å². The summed E-state index contributed by atoms with van der Waals surface area (Å²) in [5.74, 6) is 0.938. The van der Waals surface area contributed by atoms with Crippen LogP contribution in [0.5, 0.6) is 0 Å². The first-order valence-corrected chi connectivity index (χ1v) is 12.0. The summed E-state index contributed by atoms with van der Waals surface area (Å²) in [6, 6.07) is 12.7. The summed E-state index contributed by atoms with van der Waals surface area (Å²) in [7, 11) is -2.10. The van der Waals surface area contributed by atoms with Gasteiger partial charge in [0.1, 0.15) is 0 Å². The highest BCUT2D eigenvalue weighted by atomic mass is 35.5. The van der Waals surface area contributed by atoms with Crippen molar-refractivity contribution < 1.29 is 4.46 Å². The molecule has 2 heterocycles. The number of halogens is 1. The van der Waals surface area contributed by atoms with Crippen molar-refractivity contribution in [2.75, 3.05) is 39.3 Å². The number of nitrogens with zero attached hydrogens (tertiary/aromatic N) is 4. The number of benzene rings is 2. The number of piperazine rings is 1. The predicted octanol–water partition coefficient (Wildman–Crippen LogP) is 2.46. The summed E-state index contributed by atoms with van der Waals surface area (Å²) in [5, 5.41) is 3.77. The van der Waals surface area contributed by atoms with Crippen LogP contribution in [0.2, 0.25) is 5.02 Å². The molecule has 2 aliphatic heterocycles. The van der Waals surface area contributed by atoms with Crippen LogP contribution in [-0.4, -0.2) is 74.5 Å². The zero-order valence-corrected chi connectivity index (χ0v) is 17.7. The molecule has 5 nitrogen and oxygen atoms in total. The van der Waals surface area contributed by atoms with E-state index in [0.717, 1.165) is 72.3 Å². The van der Waals surface area contributed by atoms with E-state index in [4.69, 9.17) is 16.6 Å². The van der Waals surface area contributed by atoms with Gasteiger partial charge in [0.2, 0.25) is 0 Å². The summed E-state index contributed by atoms with van der Waals surface area (Å²) in [4.78, 5) is 9.68. The Balaban J connectivity index is 1.31. The molecule has 0 radical (unpaired) electrons. The highest BCUT2D eigenvalue weighted by Gasteiger charge is 2.34. The van der Waals surface area contributed by atoms with Gasteiger partial charge in [-0.05, 0) is 41.8 Å². The molecule has 2 fully saturated rings. The fraction of sp³-hybridized carbons (Fsp3) is 0.476. The van der Waals surface area contributed by atoms with Crippen LogP contribution in [0.4, 0.5) is 0 Å². The minimum Gasteiger partial charge on any atom is -0.353 e. The Bertz CT molecular complexity index is 937. The second-order valence-corrected chi connectivity index (χ2v) is 10.1. The SMILES string of the molecule is O=[Si](c1ccc2cc(Cl)ccc2c1)N1CCN=C1N1CCN(C2CCC2)CC1. The molecule has 2 aromatic rings. The monoisotopic (exact) mass is 412 g/mol. The summed E-state index contributed by atoms with van der Waals surface area (Å²) in [6.07, 6.45) is 4.09. The lowest BCUT2D eigenvalue weighted by atomic mass is 9.91. The van der Waals surface area contributed by atoms with Crippen molar-refractivity contribution in [3.05, 3.63) is 41.4 Å². The molecule has 1 saturated heterocycles. The molecule has 1 aliphatic carbocycles. The van der Waals surface area contributed by atoms with E-state index in [1.54, 1.807) is 0 Å². The van der Waals surface area contributed by atoms with E-state index >= 15 is 0 Å². The molecular formula is C21H25ClN4OSi. The third kappa shape index (κ3) is 3.38. The zero-order chi connectivity index (χ0) is 19.1. The molecule has 7 heteroatoms. The van der Waals surface area contributed by atoms with Gasteiger partial charge in [0, 0.05) is 49.0 Å². The lowest BCUT2D eigenvalue weighted by Gasteiger charge is -2.44. The molecule has 0 atom stereocenters. The van der Waals surface area contributed by atoms with Crippen LogP contribution in [0.3, 0.4) is 0 Å². The average molecular weight is 413 g/mol. The van der Waals surface area contributed by atoms with Crippen molar-refractivity contribution in [2.24, 2.45) is 4.99 Å². The fourth-order valence-electron chi connectivity index (χ4n) is 4.44. The number of hydrogen-bond donors (Lipinski definition) is 0. The van der Waals surface area contributed by atoms with Gasteiger partial charge < -0.3 is 13.9 Å². The maximum atomic E-state index is 13.4. The Morgan fingerprint density at radius 1 is 0.964 bits per heavy atom. The van der Waals surface area contributed by atoms with Gasteiger partial charge in [0.05, 0.1) is 6.54 Å². The van der Waals surface area contributed by atoms with Crippen molar-refractivity contribution in [1.29, 1.82) is 0 Å². The highest BCUT2D eigenvalue weighted by Crippen LogP contribution is 2.26. The zero-order valence-electron chi connectivity index (χ0n) is 16.0. The van der Waals surface area contributed by atoms with Crippen molar-refractivity contribution in [3.8, 4) is 0 Å². The summed E-state index contributed by atoms with van der Waals surface area (Å²) < 4.78 is 15.4. The standard InChI is InChI=1S/C21H25ClN4OSi/c22-18-6-4-17-15-20(7-5-16(17)14-18)28(27)26-9-8-23-21(26)25-12-10-24(11-13-25)19-2-1-3-19/h4-7,14-15,19H,1-3,8-13H2. The van der Waals surface area contributed by atoms with Crippen LogP contribution in [-0.2, 0) is 4.46 Å². The number of hydrogen-bond acceptors (Lipinski definition) is 4. The van der Waals surface area contributed by atoms with Crippen molar-refractivity contribution in [2.45, 2.75) is 25.3 Å². The maximum absolute atomic E-state index is 13.4. The van der Waals surface area contributed by atoms with Gasteiger partial charge in [-0.15, -0.1) is 0 Å². The molecule has 5 rings (SSSR count). The normalized spacial score (nSPS) is 21.1. The lowest BCUT2D eigenvalue weighted by Crippen LogP contribution is -2.57. The smallest absolute Gasteiger partial charge is 0.353 e. The molecule has 146 valence electrons. The van der Waals surface area contributed by atoms with E-state index in [-0.39, 0.29) is 0 Å². The van der Waals surface area contributed by atoms with E-state index in [2.05, 4.69) is 9.80 Å². The van der Waals surface area contributed by atoms with Crippen LogP contribution in [0.1, 0.15) is 19.3 Å². The van der Waals surface area contributed by atoms with Crippen LogP contribution in [0.15, 0.2) is 41.4 Å². The second kappa shape index (κ2) is 7.58. The van der Waals surface area contributed by atoms with E-state index < -0.39 is 8.84 Å². The Kier molecular flexibility index (Phi) is 4.95. The third-order valence-corrected chi connectivity index (χ3v) is 8.25. The van der Waals surface area contributed by atoms with Crippen LogP contribution in [0.25, 0.3) is 10.8 Å². The molecular weight excluding hydrogens is 388 g/mol. The van der Waals surface area contributed by atoms with Crippen LogP contribution < -0.4 is 5.19 Å². The van der Waals surface area contributed by atoms with Crippen molar-refractivity contribution >= 4 is 42.4 Å². The second-order valence-electron chi connectivity index (χ2n) is 7.95. The number of rotatable bonds is 3. The van der Waals surface area contributed by atoms with E-state index in [0.29, 0.717) is 0 Å². The number of guanidine groups is 1. The largest absolute Gasteiger partial charge is 0.438 e. The van der Waals surface area contributed by atoms with Gasteiger partial charge in [-0.3, -0.25) is 9.89 Å². The van der Waals surface area contributed by atoms with E-state index in [1.807, 2.05) is 41.0 Å². The summed E-state index contributed by atoms with van der Waals surface area (Å²) >= 11 is 6.08. The Morgan fingerprint density at radius 2 is 1.71 bits per heavy atom. The number of aliphatic imine (C=N–C) groups is 1. The molecule has 0 bridgehead atoms. The molecule has 1 saturated carbocycles. The first-order valence-electron chi connectivity index (χ1n) is 10.2. The Labute approximate surface area is 172 Å². The van der Waals surface area contributed by atoms with Gasteiger partial charge >= 0.3 is 8.84 Å². The van der Waals surface area contributed by atoms with Gasteiger partial charge in [0.25, 0.3) is 0 Å². The lowest BCUT2D eigenvalue weighted by molar-refractivity contribution is 0.0832. The first kappa shape index (κ1) is 18.3. The van der Waals surface area contributed by atoms with Crippen molar-refractivity contribution in [3.63, 3.8) is 0 Å². The first-order chi connectivity index (χ1) is 13.7. The highest BCUT2D eigenvalue weighted by molar-refractivity contribution is 6.60. The quantitative estimate of drug-likeness (QED) is 0.726. The van der Waals surface area contributed by atoms with E-state index in [1.165, 1.54) is 19.3 Å². The average Bonchev–Trinajstić information content (AvgIpc) is 3.16. The van der Waals surface area contributed by atoms with Crippen LogP contribution >= 0.6 is 11.6 Å². The third-order valence-electron chi connectivity index (χ3n) is 6.30. The molecule has 0 aromatic heterocycles. The fourth-order valence-corrected chi connectivity index (χ4v) is 6.14. The van der Waals surface area contributed by atoms with E-state index in [9.17, 15) is 4.46 Å². The molecule has 3 aliphatic rings. The number of fused-ring (bicyclic) bond motifs is 1. The molecule has 0 spiro atoms. The predicted molar refractivity (Wildman–Crippen MR) is 115 cm³/mol. The summed E-state index contributed by atoms with van der Waals surface area (Å²) in [5.41, 5.74) is 0. The topological polar surface area (TPSA) is 39.2 Å². The molecule has 0 N–H and O–H groups in total. The molecule has 2 aromatic carbocycles. The maximum Gasteiger partial charge on any atom is 0.438 e. The Hall–Kier alpha value is -1.76. The molecule has 0 amide bonds. The van der Waals surface area contributed by atoms with Crippen molar-refractivity contribution in [1.82, 2.24) is 14.4 Å². The Morgan fingerprint density at radius 3 is 2.46 bits per heavy atom. The molecule has 0 unspecified atom stereocenters. The van der Waals surface area contributed by atoms with Gasteiger partial charge in [-0.25, -0.2) is 0 Å². The van der Waals surface area contributed by atoms with Gasteiger partial charge in [-0.1, -0.05) is 36.2 Å². The van der Waals surface area contributed by atoms with Gasteiger partial charge in [0.15, 0.2) is 5.96 Å². The minimum atomic E-state index is -2.10. The minimum absolute atomic E-state index is 0.725. The molecule has 28 heavy (non-hydrogen) atoms.